The SMILES string of the molecule is Cc1cccc(N2CCN(C(=O)c3ccc(Nc4ccccc4F)nn3)CC2)c1. The molecule has 1 aliphatic rings. The van der Waals surface area contributed by atoms with Gasteiger partial charge in [0.1, 0.15) is 5.82 Å². The molecule has 1 amide bonds. The molecule has 6 nitrogen and oxygen atoms in total. The molecular weight excluding hydrogens is 369 g/mol. The first kappa shape index (κ1) is 18.9. The summed E-state index contributed by atoms with van der Waals surface area (Å²) in [5.41, 5.74) is 3.00. The van der Waals surface area contributed by atoms with E-state index >= 15 is 0 Å². The van der Waals surface area contributed by atoms with Crippen LogP contribution in [0.2, 0.25) is 0 Å². The number of aryl methyl sites for hydroxylation is 1. The average molecular weight is 391 g/mol. The summed E-state index contributed by atoms with van der Waals surface area (Å²) in [6.07, 6.45) is 0. The number of carbonyl (C=O) groups is 1. The van der Waals surface area contributed by atoms with Gasteiger partial charge in [0, 0.05) is 31.9 Å². The summed E-state index contributed by atoms with van der Waals surface area (Å²) >= 11 is 0. The van der Waals surface area contributed by atoms with Crippen molar-refractivity contribution in [2.75, 3.05) is 36.4 Å². The highest BCUT2D eigenvalue weighted by atomic mass is 19.1. The van der Waals surface area contributed by atoms with Crippen molar-refractivity contribution in [2.45, 2.75) is 6.92 Å². The maximum atomic E-state index is 13.7. The predicted molar refractivity (Wildman–Crippen MR) is 111 cm³/mol. The molecule has 4 rings (SSSR count). The van der Waals surface area contributed by atoms with E-state index in [1.165, 1.54) is 17.3 Å². The van der Waals surface area contributed by atoms with Crippen LogP contribution in [-0.4, -0.2) is 47.2 Å². The fourth-order valence-corrected chi connectivity index (χ4v) is 3.37. The standard InChI is InChI=1S/C22H22FN5O/c1-16-5-4-6-17(15-16)27-11-13-28(14-12-27)22(29)20-9-10-21(26-25-20)24-19-8-3-2-7-18(19)23/h2-10,15H,11-14H2,1H3,(H,24,26). The molecular formula is C22H22FN5O. The first-order valence-electron chi connectivity index (χ1n) is 9.56. The van der Waals surface area contributed by atoms with Crippen LogP contribution in [0.3, 0.4) is 0 Å². The lowest BCUT2D eigenvalue weighted by Crippen LogP contribution is -2.49. The average Bonchev–Trinajstić information content (AvgIpc) is 2.75. The van der Waals surface area contributed by atoms with Crippen molar-refractivity contribution in [2.24, 2.45) is 0 Å². The van der Waals surface area contributed by atoms with Gasteiger partial charge in [-0.3, -0.25) is 4.79 Å². The minimum absolute atomic E-state index is 0.140. The van der Waals surface area contributed by atoms with Crippen molar-refractivity contribution in [3.05, 3.63) is 77.7 Å². The first-order valence-corrected chi connectivity index (χ1v) is 9.56. The molecule has 0 bridgehead atoms. The number of amides is 1. The van der Waals surface area contributed by atoms with E-state index in [4.69, 9.17) is 0 Å². The molecule has 3 aromatic rings. The van der Waals surface area contributed by atoms with Crippen LogP contribution in [0.15, 0.2) is 60.7 Å². The molecule has 148 valence electrons. The number of hydrogen-bond donors (Lipinski definition) is 1. The van der Waals surface area contributed by atoms with E-state index in [0.29, 0.717) is 24.6 Å². The van der Waals surface area contributed by atoms with Crippen molar-refractivity contribution < 1.29 is 9.18 Å². The Hall–Kier alpha value is -3.48. The third-order valence-electron chi connectivity index (χ3n) is 4.95. The van der Waals surface area contributed by atoms with Gasteiger partial charge in [-0.05, 0) is 48.9 Å². The number of anilines is 3. The molecule has 0 atom stereocenters. The highest BCUT2D eigenvalue weighted by Crippen LogP contribution is 2.20. The summed E-state index contributed by atoms with van der Waals surface area (Å²) in [5, 5.41) is 10.9. The van der Waals surface area contributed by atoms with Gasteiger partial charge in [-0.2, -0.15) is 0 Å². The fraction of sp³-hybridized carbons (Fsp3) is 0.227. The topological polar surface area (TPSA) is 61.4 Å². The molecule has 0 radical (unpaired) electrons. The molecule has 1 fully saturated rings. The van der Waals surface area contributed by atoms with Gasteiger partial charge in [-0.1, -0.05) is 24.3 Å². The number of carbonyl (C=O) groups excluding carboxylic acids is 1. The van der Waals surface area contributed by atoms with Gasteiger partial charge in [-0.25, -0.2) is 4.39 Å². The molecule has 7 heteroatoms. The smallest absolute Gasteiger partial charge is 0.274 e. The Bertz CT molecular complexity index is 1000. The minimum Gasteiger partial charge on any atom is -0.368 e. The summed E-state index contributed by atoms with van der Waals surface area (Å²) in [6.45, 7) is 4.88. The Morgan fingerprint density at radius 2 is 1.76 bits per heavy atom. The molecule has 2 aromatic carbocycles. The van der Waals surface area contributed by atoms with Crippen LogP contribution >= 0.6 is 0 Å². The number of rotatable bonds is 4. The lowest BCUT2D eigenvalue weighted by atomic mass is 10.2. The Morgan fingerprint density at radius 3 is 2.45 bits per heavy atom. The molecule has 0 unspecified atom stereocenters. The lowest BCUT2D eigenvalue weighted by molar-refractivity contribution is 0.0739. The summed E-state index contributed by atoms with van der Waals surface area (Å²) in [5.74, 6) is -0.129. The highest BCUT2D eigenvalue weighted by Gasteiger charge is 2.23. The van der Waals surface area contributed by atoms with Crippen LogP contribution in [0.25, 0.3) is 0 Å². The summed E-state index contributed by atoms with van der Waals surface area (Å²) in [7, 11) is 0. The number of aromatic nitrogens is 2. The van der Waals surface area contributed by atoms with Gasteiger partial charge < -0.3 is 15.1 Å². The van der Waals surface area contributed by atoms with Crippen LogP contribution in [0.4, 0.5) is 21.6 Å². The van der Waals surface area contributed by atoms with Crippen molar-refractivity contribution in [3.8, 4) is 0 Å². The quantitative estimate of drug-likeness (QED) is 0.736. The van der Waals surface area contributed by atoms with Crippen molar-refractivity contribution in [1.29, 1.82) is 0 Å². The van der Waals surface area contributed by atoms with Gasteiger partial charge in [0.25, 0.3) is 5.91 Å². The molecule has 1 N–H and O–H groups in total. The first-order chi connectivity index (χ1) is 14.1. The molecule has 0 aliphatic carbocycles. The van der Waals surface area contributed by atoms with Crippen molar-refractivity contribution in [1.82, 2.24) is 15.1 Å². The number of para-hydroxylation sites is 1. The molecule has 1 aromatic heterocycles. The van der Waals surface area contributed by atoms with E-state index in [0.717, 1.165) is 13.1 Å². The van der Waals surface area contributed by atoms with Crippen molar-refractivity contribution >= 4 is 23.1 Å². The molecule has 29 heavy (non-hydrogen) atoms. The molecule has 0 saturated carbocycles. The zero-order chi connectivity index (χ0) is 20.2. The second-order valence-corrected chi connectivity index (χ2v) is 7.03. The summed E-state index contributed by atoms with van der Waals surface area (Å²) in [4.78, 5) is 16.8. The van der Waals surface area contributed by atoms with E-state index in [9.17, 15) is 9.18 Å². The maximum absolute atomic E-state index is 13.7. The highest BCUT2D eigenvalue weighted by molar-refractivity contribution is 5.92. The van der Waals surface area contributed by atoms with Gasteiger partial charge in [0.2, 0.25) is 0 Å². The van der Waals surface area contributed by atoms with Crippen LogP contribution in [-0.2, 0) is 0 Å². The maximum Gasteiger partial charge on any atom is 0.274 e. The zero-order valence-corrected chi connectivity index (χ0v) is 16.2. The monoisotopic (exact) mass is 391 g/mol. The van der Waals surface area contributed by atoms with Gasteiger partial charge in [-0.15, -0.1) is 10.2 Å². The lowest BCUT2D eigenvalue weighted by Gasteiger charge is -2.36. The third-order valence-corrected chi connectivity index (χ3v) is 4.95. The number of benzene rings is 2. The number of halogens is 1. The predicted octanol–water partition coefficient (Wildman–Crippen LogP) is 3.63. The molecule has 2 heterocycles. The van der Waals surface area contributed by atoms with Crippen LogP contribution < -0.4 is 10.2 Å². The number of hydrogen-bond acceptors (Lipinski definition) is 5. The largest absolute Gasteiger partial charge is 0.368 e. The second kappa shape index (κ2) is 8.26. The Morgan fingerprint density at radius 1 is 0.966 bits per heavy atom. The second-order valence-electron chi connectivity index (χ2n) is 7.03. The number of nitrogens with zero attached hydrogens (tertiary/aromatic N) is 4. The van der Waals surface area contributed by atoms with Crippen molar-refractivity contribution in [3.63, 3.8) is 0 Å². The number of nitrogens with one attached hydrogen (secondary N) is 1. The fourth-order valence-electron chi connectivity index (χ4n) is 3.37. The van der Waals surface area contributed by atoms with E-state index < -0.39 is 0 Å². The summed E-state index contributed by atoms with van der Waals surface area (Å²) < 4.78 is 13.7. The zero-order valence-electron chi connectivity index (χ0n) is 16.2. The van der Waals surface area contributed by atoms with E-state index in [2.05, 4.69) is 51.6 Å². The minimum atomic E-state index is -0.374. The van der Waals surface area contributed by atoms with E-state index in [-0.39, 0.29) is 17.4 Å². The molecule has 1 aliphatic heterocycles. The van der Waals surface area contributed by atoms with Crippen LogP contribution in [0, 0.1) is 12.7 Å². The molecule has 0 spiro atoms. The Balaban J connectivity index is 1.37. The van der Waals surface area contributed by atoms with Gasteiger partial charge in [0.05, 0.1) is 5.69 Å². The van der Waals surface area contributed by atoms with Crippen LogP contribution in [0.1, 0.15) is 16.1 Å². The molecule has 1 saturated heterocycles. The normalized spacial score (nSPS) is 14.0. The Labute approximate surface area is 169 Å². The van der Waals surface area contributed by atoms with E-state index in [1.807, 2.05) is 0 Å². The number of piperazine rings is 1. The van der Waals surface area contributed by atoms with Gasteiger partial charge in [0.15, 0.2) is 11.5 Å². The van der Waals surface area contributed by atoms with Gasteiger partial charge >= 0.3 is 0 Å². The van der Waals surface area contributed by atoms with E-state index in [1.54, 1.807) is 35.2 Å². The third kappa shape index (κ3) is 4.34. The summed E-state index contributed by atoms with van der Waals surface area (Å²) in [6, 6.07) is 18.0. The Kier molecular flexibility index (Phi) is 5.37. The van der Waals surface area contributed by atoms with Crippen LogP contribution in [0.5, 0.6) is 0 Å².